The van der Waals surface area contributed by atoms with E-state index in [-0.39, 0.29) is 0 Å². The molecule has 6 rings (SSSR count). The lowest BCUT2D eigenvalue weighted by atomic mass is 10.00. The number of piperazine rings is 2. The number of hydrogen-bond acceptors (Lipinski definition) is 5. The zero-order valence-electron chi connectivity index (χ0n) is 20.9. The predicted octanol–water partition coefficient (Wildman–Crippen LogP) is 3.41. The van der Waals surface area contributed by atoms with Crippen LogP contribution in [0.5, 0.6) is 0 Å². The van der Waals surface area contributed by atoms with Gasteiger partial charge in [-0.1, -0.05) is 24.3 Å². The first-order valence-electron chi connectivity index (χ1n) is 13.2. The van der Waals surface area contributed by atoms with Gasteiger partial charge in [0.25, 0.3) is 0 Å². The van der Waals surface area contributed by atoms with Crippen molar-refractivity contribution in [2.24, 2.45) is 5.92 Å². The Morgan fingerprint density at radius 3 is 2.49 bits per heavy atom. The maximum absolute atomic E-state index is 12.4. The largest absolute Gasteiger partial charge is 0.366 e. The number of aromatic nitrogens is 2. The van der Waals surface area contributed by atoms with Gasteiger partial charge in [-0.2, -0.15) is 5.10 Å². The van der Waals surface area contributed by atoms with Crippen LogP contribution in [0.15, 0.2) is 48.8 Å². The standard InChI is InChI=1S/C28H36N6O/c1-20(2)33-12-11-29-25(19-33)22-5-3-21(4-6-22)24-17-27-26(9-10-30-34(27)18-24)31-13-15-32(16-14-31)28(35)23-7-8-23/h3-6,9-10,17-18,20,23,25,29H,7-8,11-16,19H2,1-2H3/t25-/m1/s1. The molecule has 1 saturated carbocycles. The molecule has 7 heteroatoms. The van der Waals surface area contributed by atoms with Crippen LogP contribution in [0.1, 0.15) is 38.3 Å². The monoisotopic (exact) mass is 472 g/mol. The van der Waals surface area contributed by atoms with Gasteiger partial charge >= 0.3 is 0 Å². The molecule has 1 aliphatic carbocycles. The molecule has 3 fully saturated rings. The fourth-order valence-electron chi connectivity index (χ4n) is 5.55. The Balaban J connectivity index is 1.18. The number of benzene rings is 1. The molecule has 0 unspecified atom stereocenters. The Hall–Kier alpha value is -2.90. The highest BCUT2D eigenvalue weighted by molar-refractivity contribution is 5.82. The minimum atomic E-state index is 0.303. The van der Waals surface area contributed by atoms with Crippen LogP contribution in [0, 0.1) is 5.92 Å². The van der Waals surface area contributed by atoms with Gasteiger partial charge < -0.3 is 15.1 Å². The fourth-order valence-corrected chi connectivity index (χ4v) is 5.55. The second kappa shape index (κ2) is 9.28. The Morgan fingerprint density at radius 1 is 1.00 bits per heavy atom. The highest BCUT2D eigenvalue weighted by Gasteiger charge is 2.34. The summed E-state index contributed by atoms with van der Waals surface area (Å²) in [5.74, 6) is 0.662. The van der Waals surface area contributed by atoms with Gasteiger partial charge in [0.1, 0.15) is 0 Å². The topological polar surface area (TPSA) is 56.1 Å². The molecule has 184 valence electrons. The van der Waals surface area contributed by atoms with Gasteiger partial charge in [0.2, 0.25) is 5.91 Å². The molecule has 0 bridgehead atoms. The van der Waals surface area contributed by atoms with Crippen LogP contribution in [0.4, 0.5) is 5.69 Å². The fraction of sp³-hybridized carbons (Fsp3) is 0.500. The summed E-state index contributed by atoms with van der Waals surface area (Å²) in [6.45, 7) is 11.1. The van der Waals surface area contributed by atoms with Crippen LogP contribution < -0.4 is 10.2 Å². The first kappa shape index (κ1) is 22.6. The van der Waals surface area contributed by atoms with Gasteiger partial charge in [0.05, 0.1) is 11.2 Å². The van der Waals surface area contributed by atoms with Crippen LogP contribution in [-0.4, -0.2) is 77.2 Å². The van der Waals surface area contributed by atoms with E-state index in [1.165, 1.54) is 22.4 Å². The van der Waals surface area contributed by atoms with Crippen LogP contribution in [-0.2, 0) is 4.79 Å². The summed E-state index contributed by atoms with van der Waals surface area (Å²) in [5, 5.41) is 8.26. The van der Waals surface area contributed by atoms with Crippen molar-refractivity contribution in [2.45, 2.75) is 38.8 Å². The molecule has 0 radical (unpaired) electrons. The number of nitrogens with one attached hydrogen (secondary N) is 1. The lowest BCUT2D eigenvalue weighted by molar-refractivity contribution is -0.132. The van der Waals surface area contributed by atoms with Crippen molar-refractivity contribution in [1.29, 1.82) is 0 Å². The maximum atomic E-state index is 12.4. The number of carbonyl (C=O) groups excluding carboxylic acids is 1. The van der Waals surface area contributed by atoms with Crippen molar-refractivity contribution in [2.75, 3.05) is 50.7 Å². The number of anilines is 1. The molecule has 2 aromatic heterocycles. The summed E-state index contributed by atoms with van der Waals surface area (Å²) in [5.41, 5.74) is 6.05. The second-order valence-electron chi connectivity index (χ2n) is 10.6. The summed E-state index contributed by atoms with van der Waals surface area (Å²) in [4.78, 5) is 19.4. The molecular formula is C28H36N6O. The molecule has 3 aromatic rings. The third-order valence-electron chi connectivity index (χ3n) is 7.93. The normalized spacial score (nSPS) is 21.7. The SMILES string of the molecule is CC(C)N1CCN[C@@H](c2ccc(-c3cc4c(N5CCN(C(=O)C6CC6)CC5)ccnn4c3)cc2)C1. The number of fused-ring (bicyclic) bond motifs is 1. The molecule has 1 N–H and O–H groups in total. The molecule has 1 aromatic carbocycles. The van der Waals surface area contributed by atoms with E-state index in [0.717, 1.165) is 64.2 Å². The van der Waals surface area contributed by atoms with Gasteiger partial charge in [-0.05, 0) is 49.9 Å². The molecule has 3 aliphatic rings. The average Bonchev–Trinajstić information content (AvgIpc) is 3.66. The van der Waals surface area contributed by atoms with E-state index >= 15 is 0 Å². The zero-order chi connectivity index (χ0) is 23.9. The summed E-state index contributed by atoms with van der Waals surface area (Å²) in [6.07, 6.45) is 6.16. The highest BCUT2D eigenvalue weighted by atomic mass is 16.2. The van der Waals surface area contributed by atoms with Crippen molar-refractivity contribution < 1.29 is 4.79 Å². The minimum absolute atomic E-state index is 0.303. The van der Waals surface area contributed by atoms with Crippen molar-refractivity contribution in [3.8, 4) is 11.1 Å². The molecule has 1 amide bonds. The summed E-state index contributed by atoms with van der Waals surface area (Å²) >= 11 is 0. The van der Waals surface area contributed by atoms with Gasteiger partial charge in [-0.25, -0.2) is 4.52 Å². The predicted molar refractivity (Wildman–Crippen MR) is 140 cm³/mol. The quantitative estimate of drug-likeness (QED) is 0.617. The molecule has 4 heterocycles. The van der Waals surface area contributed by atoms with Gasteiger partial charge in [-0.3, -0.25) is 9.69 Å². The molecule has 35 heavy (non-hydrogen) atoms. The second-order valence-corrected chi connectivity index (χ2v) is 10.6. The molecular weight excluding hydrogens is 436 g/mol. The first-order chi connectivity index (χ1) is 17.1. The molecule has 2 saturated heterocycles. The summed E-state index contributed by atoms with van der Waals surface area (Å²) in [6, 6.07) is 14.3. The van der Waals surface area contributed by atoms with E-state index < -0.39 is 0 Å². The molecule has 2 aliphatic heterocycles. The highest BCUT2D eigenvalue weighted by Crippen LogP contribution is 2.33. The van der Waals surface area contributed by atoms with Gasteiger partial charge in [0.15, 0.2) is 0 Å². The Bertz CT molecular complexity index is 1190. The van der Waals surface area contributed by atoms with E-state index in [1.807, 2.05) is 10.7 Å². The molecule has 0 spiro atoms. The van der Waals surface area contributed by atoms with Crippen molar-refractivity contribution in [3.63, 3.8) is 0 Å². The Kier molecular flexibility index (Phi) is 5.98. The number of rotatable bonds is 5. The first-order valence-corrected chi connectivity index (χ1v) is 13.2. The zero-order valence-corrected chi connectivity index (χ0v) is 20.9. The summed E-state index contributed by atoms with van der Waals surface area (Å²) in [7, 11) is 0. The number of nitrogens with zero attached hydrogens (tertiary/aromatic N) is 5. The Morgan fingerprint density at radius 2 is 1.77 bits per heavy atom. The van der Waals surface area contributed by atoms with Crippen molar-refractivity contribution in [3.05, 3.63) is 54.4 Å². The molecule has 7 nitrogen and oxygen atoms in total. The van der Waals surface area contributed by atoms with Crippen molar-refractivity contribution >= 4 is 17.1 Å². The van der Waals surface area contributed by atoms with Gasteiger partial charge in [-0.15, -0.1) is 0 Å². The lowest BCUT2D eigenvalue weighted by Gasteiger charge is -2.36. The van der Waals surface area contributed by atoms with Crippen LogP contribution in [0.3, 0.4) is 0 Å². The maximum Gasteiger partial charge on any atom is 0.225 e. The number of amides is 1. The third kappa shape index (κ3) is 4.55. The number of hydrogen-bond donors (Lipinski definition) is 1. The van der Waals surface area contributed by atoms with Gasteiger partial charge in [0, 0.05) is 81.8 Å². The van der Waals surface area contributed by atoms with Crippen LogP contribution in [0.2, 0.25) is 0 Å². The van der Waals surface area contributed by atoms with Crippen LogP contribution in [0.25, 0.3) is 16.6 Å². The van der Waals surface area contributed by atoms with E-state index in [0.29, 0.717) is 23.9 Å². The number of carbonyl (C=O) groups is 1. The smallest absolute Gasteiger partial charge is 0.225 e. The third-order valence-corrected chi connectivity index (χ3v) is 7.93. The average molecular weight is 473 g/mol. The van der Waals surface area contributed by atoms with Crippen molar-refractivity contribution in [1.82, 2.24) is 24.7 Å². The minimum Gasteiger partial charge on any atom is -0.366 e. The van der Waals surface area contributed by atoms with Crippen LogP contribution >= 0.6 is 0 Å². The van der Waals surface area contributed by atoms with E-state index in [9.17, 15) is 4.79 Å². The Labute approximate surface area is 207 Å². The van der Waals surface area contributed by atoms with E-state index in [2.05, 4.69) is 81.6 Å². The van der Waals surface area contributed by atoms with E-state index in [4.69, 9.17) is 0 Å². The van der Waals surface area contributed by atoms with E-state index in [1.54, 1.807) is 0 Å². The summed E-state index contributed by atoms with van der Waals surface area (Å²) < 4.78 is 1.99. The molecule has 1 atom stereocenters. The lowest BCUT2D eigenvalue weighted by Crippen LogP contribution is -2.49.